The molecule has 2 N–H and O–H groups in total. The molecule has 0 aliphatic carbocycles. The summed E-state index contributed by atoms with van der Waals surface area (Å²) >= 11 is 0. The average molecular weight is 304 g/mol. The van der Waals surface area contributed by atoms with Crippen LogP contribution in [0.1, 0.15) is 48.3 Å². The predicted octanol–water partition coefficient (Wildman–Crippen LogP) is 1.88. The highest BCUT2D eigenvalue weighted by molar-refractivity contribution is 5.95. The highest BCUT2D eigenvalue weighted by atomic mass is 16.2. The average Bonchev–Trinajstić information content (AvgIpc) is 3.02. The molecule has 0 bridgehead atoms. The van der Waals surface area contributed by atoms with Gasteiger partial charge in [-0.05, 0) is 25.3 Å². The van der Waals surface area contributed by atoms with Gasteiger partial charge in [0.05, 0.1) is 5.56 Å². The first kappa shape index (κ1) is 16.2. The Balaban J connectivity index is 2.15. The van der Waals surface area contributed by atoms with Gasteiger partial charge in [0.1, 0.15) is 0 Å². The molecule has 2 rings (SSSR count). The third kappa shape index (κ3) is 4.16. The minimum absolute atomic E-state index is 0.0200. The number of nitrogens with one attached hydrogen (secondary N) is 2. The van der Waals surface area contributed by atoms with E-state index < -0.39 is 0 Å². The summed E-state index contributed by atoms with van der Waals surface area (Å²) in [5, 5.41) is 13.9. The third-order valence-corrected chi connectivity index (χ3v) is 3.33. The lowest BCUT2D eigenvalue weighted by molar-refractivity contribution is 0.0696. The quantitative estimate of drug-likeness (QED) is 0.882. The molecule has 0 atom stereocenters. The highest BCUT2D eigenvalue weighted by Crippen LogP contribution is 2.19. The maximum absolute atomic E-state index is 12.9. The molecule has 0 saturated carbocycles. The monoisotopic (exact) mass is 304 g/mol. The van der Waals surface area contributed by atoms with Gasteiger partial charge in [-0.2, -0.15) is 5.21 Å². The second-order valence-corrected chi connectivity index (χ2v) is 6.86. The number of tetrazole rings is 1. The number of hydrogen-bond donors (Lipinski definition) is 2. The van der Waals surface area contributed by atoms with E-state index >= 15 is 0 Å². The van der Waals surface area contributed by atoms with Crippen LogP contribution in [0.2, 0.25) is 0 Å². The molecule has 1 amide bonds. The lowest BCUT2D eigenvalue weighted by Crippen LogP contribution is -2.39. The fraction of sp³-hybridized carbons (Fsp3) is 0.600. The molecule has 0 spiro atoms. The summed E-state index contributed by atoms with van der Waals surface area (Å²) in [4.78, 5) is 17.9. The Hall–Kier alpha value is -2.18. The van der Waals surface area contributed by atoms with Gasteiger partial charge in [0, 0.05) is 30.9 Å². The molecule has 2 aromatic rings. The Morgan fingerprint density at radius 1 is 1.32 bits per heavy atom. The summed E-state index contributed by atoms with van der Waals surface area (Å²) in [6, 6.07) is 1.90. The van der Waals surface area contributed by atoms with Crippen molar-refractivity contribution >= 4 is 5.91 Å². The molecule has 0 saturated heterocycles. The Kier molecular flexibility index (Phi) is 4.63. The summed E-state index contributed by atoms with van der Waals surface area (Å²) in [5.41, 5.74) is 2.65. The van der Waals surface area contributed by atoms with Crippen molar-refractivity contribution in [1.29, 1.82) is 0 Å². The van der Waals surface area contributed by atoms with Crippen LogP contribution in [0.5, 0.6) is 0 Å². The first-order valence-electron chi connectivity index (χ1n) is 7.44. The van der Waals surface area contributed by atoms with E-state index in [0.29, 0.717) is 25.3 Å². The molecule has 0 aliphatic heterocycles. The number of carbonyl (C=O) groups is 1. The van der Waals surface area contributed by atoms with Crippen molar-refractivity contribution in [3.63, 3.8) is 0 Å². The van der Waals surface area contributed by atoms with Crippen LogP contribution >= 0.6 is 0 Å². The van der Waals surface area contributed by atoms with E-state index in [1.807, 2.05) is 24.8 Å². The Morgan fingerprint density at radius 3 is 2.55 bits per heavy atom. The number of aryl methyl sites for hydroxylation is 2. The van der Waals surface area contributed by atoms with Gasteiger partial charge in [0.2, 0.25) is 0 Å². The molecule has 22 heavy (non-hydrogen) atoms. The molecule has 0 aromatic carbocycles. The molecule has 0 aliphatic rings. The van der Waals surface area contributed by atoms with Crippen molar-refractivity contribution in [3.05, 3.63) is 28.8 Å². The summed E-state index contributed by atoms with van der Waals surface area (Å²) in [6.07, 6.45) is 0.584. The number of rotatable bonds is 5. The second-order valence-electron chi connectivity index (χ2n) is 6.86. The summed E-state index contributed by atoms with van der Waals surface area (Å²) < 4.78 is 0. The van der Waals surface area contributed by atoms with Gasteiger partial charge >= 0.3 is 0 Å². The van der Waals surface area contributed by atoms with Crippen molar-refractivity contribution in [2.75, 3.05) is 13.1 Å². The number of H-pyrrole nitrogens is 2. The fourth-order valence-corrected chi connectivity index (χ4v) is 2.46. The van der Waals surface area contributed by atoms with E-state index in [9.17, 15) is 4.79 Å². The zero-order valence-electron chi connectivity index (χ0n) is 13.9. The van der Waals surface area contributed by atoms with E-state index in [0.717, 1.165) is 17.0 Å². The van der Waals surface area contributed by atoms with Gasteiger partial charge in [-0.15, -0.1) is 10.2 Å². The summed E-state index contributed by atoms with van der Waals surface area (Å²) in [5.74, 6) is 0.661. The van der Waals surface area contributed by atoms with Crippen molar-refractivity contribution in [2.24, 2.45) is 5.41 Å². The lowest BCUT2D eigenvalue weighted by atomic mass is 9.95. The van der Waals surface area contributed by atoms with E-state index in [1.165, 1.54) is 0 Å². The standard InChI is InChI=1S/C15H24N6O/c1-10-8-12(11(2)16-10)14(22)21(9-15(3,4)5)7-6-13-17-19-20-18-13/h8,16H,6-7,9H2,1-5H3,(H,17,18,19,20). The number of hydrogen-bond acceptors (Lipinski definition) is 4. The molecular formula is C15H24N6O. The molecule has 120 valence electrons. The van der Waals surface area contributed by atoms with Crippen molar-refractivity contribution in [1.82, 2.24) is 30.5 Å². The molecule has 7 heteroatoms. The first-order chi connectivity index (χ1) is 10.3. The van der Waals surface area contributed by atoms with Crippen LogP contribution in [0.3, 0.4) is 0 Å². The third-order valence-electron chi connectivity index (χ3n) is 3.33. The van der Waals surface area contributed by atoms with Gasteiger partial charge in [-0.3, -0.25) is 4.79 Å². The highest BCUT2D eigenvalue weighted by Gasteiger charge is 2.24. The minimum atomic E-state index is 0.0200. The van der Waals surface area contributed by atoms with Crippen molar-refractivity contribution in [2.45, 2.75) is 41.0 Å². The van der Waals surface area contributed by atoms with Crippen LogP contribution in [0, 0.1) is 19.3 Å². The lowest BCUT2D eigenvalue weighted by Gasteiger charge is -2.30. The van der Waals surface area contributed by atoms with Gasteiger partial charge in [0.15, 0.2) is 5.82 Å². The SMILES string of the molecule is Cc1cc(C(=O)N(CCc2nn[nH]n2)CC(C)(C)C)c(C)[nH]1. The van der Waals surface area contributed by atoms with E-state index in [-0.39, 0.29) is 11.3 Å². The van der Waals surface area contributed by atoms with Crippen LogP contribution < -0.4 is 0 Å². The van der Waals surface area contributed by atoms with Crippen LogP contribution in [-0.4, -0.2) is 49.5 Å². The maximum atomic E-state index is 12.9. The topological polar surface area (TPSA) is 90.6 Å². The molecule has 2 aromatic heterocycles. The Bertz CT molecular complexity index is 623. The normalized spacial score (nSPS) is 11.7. The number of carbonyl (C=O) groups excluding carboxylic acids is 1. The molecular weight excluding hydrogens is 280 g/mol. The number of aromatic amines is 2. The number of amides is 1. The van der Waals surface area contributed by atoms with E-state index in [2.05, 4.69) is 46.4 Å². The molecule has 0 radical (unpaired) electrons. The molecule has 0 unspecified atom stereocenters. The van der Waals surface area contributed by atoms with Crippen LogP contribution in [0.15, 0.2) is 6.07 Å². The van der Waals surface area contributed by atoms with Crippen molar-refractivity contribution < 1.29 is 4.79 Å². The van der Waals surface area contributed by atoms with E-state index in [1.54, 1.807) is 0 Å². The Labute approximate surface area is 130 Å². The van der Waals surface area contributed by atoms with Gasteiger partial charge < -0.3 is 9.88 Å². The zero-order valence-corrected chi connectivity index (χ0v) is 13.9. The molecule has 7 nitrogen and oxygen atoms in total. The zero-order chi connectivity index (χ0) is 16.3. The predicted molar refractivity (Wildman–Crippen MR) is 83.5 cm³/mol. The van der Waals surface area contributed by atoms with Crippen LogP contribution in [-0.2, 0) is 6.42 Å². The first-order valence-corrected chi connectivity index (χ1v) is 7.44. The van der Waals surface area contributed by atoms with Gasteiger partial charge in [0.25, 0.3) is 5.91 Å². The minimum Gasteiger partial charge on any atom is -0.362 e. The Morgan fingerprint density at radius 2 is 2.05 bits per heavy atom. The van der Waals surface area contributed by atoms with Crippen molar-refractivity contribution in [3.8, 4) is 0 Å². The largest absolute Gasteiger partial charge is 0.362 e. The molecule has 2 heterocycles. The summed E-state index contributed by atoms with van der Waals surface area (Å²) in [7, 11) is 0. The van der Waals surface area contributed by atoms with Crippen LogP contribution in [0.25, 0.3) is 0 Å². The van der Waals surface area contributed by atoms with Gasteiger partial charge in [-0.25, -0.2) is 0 Å². The smallest absolute Gasteiger partial charge is 0.255 e. The van der Waals surface area contributed by atoms with Crippen LogP contribution in [0.4, 0.5) is 0 Å². The van der Waals surface area contributed by atoms with Gasteiger partial charge in [-0.1, -0.05) is 26.0 Å². The molecule has 0 fully saturated rings. The maximum Gasteiger partial charge on any atom is 0.255 e. The fourth-order valence-electron chi connectivity index (χ4n) is 2.46. The second kappa shape index (κ2) is 6.29. The number of nitrogens with zero attached hydrogens (tertiary/aromatic N) is 4. The summed E-state index contributed by atoms with van der Waals surface area (Å²) in [6.45, 7) is 11.5. The van der Waals surface area contributed by atoms with E-state index in [4.69, 9.17) is 0 Å². The number of aromatic nitrogens is 5.